The van der Waals surface area contributed by atoms with Gasteiger partial charge in [-0.2, -0.15) is 0 Å². The number of carbonyl (C=O) groups is 1. The average molecular weight is 302 g/mol. The Balaban J connectivity index is 1.58. The highest BCUT2D eigenvalue weighted by molar-refractivity contribution is 6.00. The number of benzene rings is 2. The zero-order valence-corrected chi connectivity index (χ0v) is 12.8. The summed E-state index contributed by atoms with van der Waals surface area (Å²) in [4.78, 5) is 16.4. The number of nitrogens with one attached hydrogen (secondary N) is 1. The van der Waals surface area contributed by atoms with Crippen LogP contribution in [-0.2, 0) is 4.79 Å². The quantitative estimate of drug-likeness (QED) is 0.744. The predicted molar refractivity (Wildman–Crippen MR) is 95.1 cm³/mol. The number of anilines is 1. The molecule has 0 saturated carbocycles. The lowest BCUT2D eigenvalue weighted by Gasteiger charge is -2.07. The number of amides is 1. The van der Waals surface area contributed by atoms with E-state index in [-0.39, 0.29) is 5.91 Å². The number of allylic oxidation sites excluding steroid dienone is 1. The maximum Gasteiger partial charge on any atom is 0.224 e. The van der Waals surface area contributed by atoms with Gasteiger partial charge in [0.2, 0.25) is 5.91 Å². The van der Waals surface area contributed by atoms with Crippen LogP contribution in [0.15, 0.2) is 72.9 Å². The molecule has 1 heterocycles. The summed E-state index contributed by atoms with van der Waals surface area (Å²) in [6, 6.07) is 19.7. The molecule has 0 unspecified atom stereocenters. The first kappa shape index (κ1) is 15.0. The van der Waals surface area contributed by atoms with Crippen LogP contribution in [0.25, 0.3) is 17.0 Å². The van der Waals surface area contributed by atoms with Crippen molar-refractivity contribution in [1.29, 1.82) is 0 Å². The van der Waals surface area contributed by atoms with E-state index in [1.807, 2.05) is 72.8 Å². The smallest absolute Gasteiger partial charge is 0.224 e. The van der Waals surface area contributed by atoms with Crippen molar-refractivity contribution < 1.29 is 4.79 Å². The molecule has 114 valence electrons. The summed E-state index contributed by atoms with van der Waals surface area (Å²) >= 11 is 0. The van der Waals surface area contributed by atoms with Crippen LogP contribution >= 0.6 is 0 Å². The lowest BCUT2D eigenvalue weighted by molar-refractivity contribution is -0.116. The molecule has 1 N–H and O–H groups in total. The molecule has 3 heteroatoms. The van der Waals surface area contributed by atoms with Gasteiger partial charge in [0.25, 0.3) is 0 Å². The number of hydrogen-bond acceptors (Lipinski definition) is 2. The summed E-state index contributed by atoms with van der Waals surface area (Å²) in [5.41, 5.74) is 2.73. The zero-order chi connectivity index (χ0) is 15.9. The molecule has 1 aromatic heterocycles. The van der Waals surface area contributed by atoms with Gasteiger partial charge < -0.3 is 5.32 Å². The molecular weight excluding hydrogens is 284 g/mol. The summed E-state index contributed by atoms with van der Waals surface area (Å²) < 4.78 is 0. The van der Waals surface area contributed by atoms with Gasteiger partial charge in [0.05, 0.1) is 11.2 Å². The number of aromatic nitrogens is 1. The van der Waals surface area contributed by atoms with Crippen molar-refractivity contribution in [3.05, 3.63) is 78.5 Å². The van der Waals surface area contributed by atoms with Crippen molar-refractivity contribution >= 4 is 28.6 Å². The standard InChI is InChI=1S/C20H18N2O/c23-19(14-5-4-10-16-8-2-1-3-9-16)22-18-13-6-11-17-12-7-15-21-20(17)18/h1-4,6-13,15H,5,14H2,(H,22,23)/b10-4-. The molecule has 1 amide bonds. The minimum Gasteiger partial charge on any atom is -0.324 e. The predicted octanol–water partition coefficient (Wildman–Crippen LogP) is 4.67. The summed E-state index contributed by atoms with van der Waals surface area (Å²) in [5.74, 6) is 0.000801. The Morgan fingerprint density at radius 2 is 1.83 bits per heavy atom. The molecule has 0 bridgehead atoms. The monoisotopic (exact) mass is 302 g/mol. The molecule has 0 atom stereocenters. The first-order chi connectivity index (χ1) is 11.3. The summed E-state index contributed by atoms with van der Waals surface area (Å²) in [7, 11) is 0. The molecule has 0 saturated heterocycles. The van der Waals surface area contributed by atoms with Crippen molar-refractivity contribution in [2.24, 2.45) is 0 Å². The van der Waals surface area contributed by atoms with E-state index in [0.29, 0.717) is 12.8 Å². The summed E-state index contributed by atoms with van der Waals surface area (Å²) in [5, 5.41) is 3.97. The second-order valence-electron chi connectivity index (χ2n) is 5.28. The fraction of sp³-hybridized carbons (Fsp3) is 0.100. The van der Waals surface area contributed by atoms with Crippen LogP contribution in [-0.4, -0.2) is 10.9 Å². The second kappa shape index (κ2) is 7.36. The van der Waals surface area contributed by atoms with E-state index >= 15 is 0 Å². The molecule has 3 nitrogen and oxygen atoms in total. The maximum atomic E-state index is 12.1. The van der Waals surface area contributed by atoms with E-state index in [1.54, 1.807) is 6.20 Å². The van der Waals surface area contributed by atoms with Crippen LogP contribution in [0.4, 0.5) is 5.69 Å². The largest absolute Gasteiger partial charge is 0.324 e. The first-order valence-electron chi connectivity index (χ1n) is 7.68. The summed E-state index contributed by atoms with van der Waals surface area (Å²) in [6.07, 6.45) is 6.95. The Kier molecular flexibility index (Phi) is 4.79. The topological polar surface area (TPSA) is 42.0 Å². The van der Waals surface area contributed by atoms with Crippen LogP contribution in [0.2, 0.25) is 0 Å². The number of para-hydroxylation sites is 1. The molecule has 0 aliphatic rings. The zero-order valence-electron chi connectivity index (χ0n) is 12.8. The van der Waals surface area contributed by atoms with Crippen molar-refractivity contribution in [3.63, 3.8) is 0 Å². The molecule has 3 aromatic rings. The van der Waals surface area contributed by atoms with Crippen LogP contribution in [0.3, 0.4) is 0 Å². The van der Waals surface area contributed by atoms with Crippen LogP contribution in [0.5, 0.6) is 0 Å². The van der Waals surface area contributed by atoms with Crippen LogP contribution < -0.4 is 5.32 Å². The maximum absolute atomic E-state index is 12.1. The summed E-state index contributed by atoms with van der Waals surface area (Å²) in [6.45, 7) is 0. The third-order valence-corrected chi connectivity index (χ3v) is 3.55. The van der Waals surface area contributed by atoms with Crippen LogP contribution in [0, 0.1) is 0 Å². The van der Waals surface area contributed by atoms with E-state index in [0.717, 1.165) is 22.2 Å². The molecule has 0 fully saturated rings. The van der Waals surface area contributed by atoms with Crippen molar-refractivity contribution in [2.45, 2.75) is 12.8 Å². The van der Waals surface area contributed by atoms with Crippen molar-refractivity contribution in [2.75, 3.05) is 5.32 Å². The molecule has 3 rings (SSSR count). The third-order valence-electron chi connectivity index (χ3n) is 3.55. The van der Waals surface area contributed by atoms with Gasteiger partial charge in [-0.25, -0.2) is 0 Å². The van der Waals surface area contributed by atoms with Gasteiger partial charge in [0.15, 0.2) is 0 Å². The fourth-order valence-electron chi connectivity index (χ4n) is 2.42. The lowest BCUT2D eigenvalue weighted by atomic mass is 10.1. The number of carbonyl (C=O) groups excluding carboxylic acids is 1. The van der Waals surface area contributed by atoms with Gasteiger partial charge in [-0.1, -0.05) is 60.7 Å². The van der Waals surface area contributed by atoms with Gasteiger partial charge in [-0.15, -0.1) is 0 Å². The van der Waals surface area contributed by atoms with Crippen molar-refractivity contribution in [3.8, 4) is 0 Å². The minimum atomic E-state index is 0.000801. The number of pyridine rings is 1. The number of hydrogen-bond donors (Lipinski definition) is 1. The highest BCUT2D eigenvalue weighted by Gasteiger charge is 2.05. The molecule has 23 heavy (non-hydrogen) atoms. The van der Waals surface area contributed by atoms with Gasteiger partial charge in [-0.3, -0.25) is 9.78 Å². The Morgan fingerprint density at radius 1 is 1.00 bits per heavy atom. The molecule has 0 aliphatic carbocycles. The lowest BCUT2D eigenvalue weighted by Crippen LogP contribution is -2.11. The Hall–Kier alpha value is -2.94. The SMILES string of the molecule is O=C(CC/C=C\c1ccccc1)Nc1cccc2cccnc12. The molecular formula is C20H18N2O. The minimum absolute atomic E-state index is 0.000801. The third kappa shape index (κ3) is 4.04. The Morgan fingerprint density at radius 3 is 2.70 bits per heavy atom. The Labute approximate surface area is 135 Å². The van der Waals surface area contributed by atoms with E-state index in [4.69, 9.17) is 0 Å². The second-order valence-corrected chi connectivity index (χ2v) is 5.28. The van der Waals surface area contributed by atoms with E-state index in [1.165, 1.54) is 0 Å². The average Bonchev–Trinajstić information content (AvgIpc) is 2.60. The molecule has 2 aromatic carbocycles. The molecule has 0 aliphatic heterocycles. The van der Waals surface area contributed by atoms with Gasteiger partial charge in [0.1, 0.15) is 0 Å². The first-order valence-corrected chi connectivity index (χ1v) is 7.68. The molecule has 0 radical (unpaired) electrons. The highest BCUT2D eigenvalue weighted by Crippen LogP contribution is 2.20. The van der Waals surface area contributed by atoms with Crippen LogP contribution in [0.1, 0.15) is 18.4 Å². The number of fused-ring (bicyclic) bond motifs is 1. The van der Waals surface area contributed by atoms with Crippen molar-refractivity contribution in [1.82, 2.24) is 4.98 Å². The van der Waals surface area contributed by atoms with Gasteiger partial charge in [0, 0.05) is 18.0 Å². The molecule has 0 spiro atoms. The van der Waals surface area contributed by atoms with E-state index in [2.05, 4.69) is 10.3 Å². The number of rotatable bonds is 5. The number of nitrogens with zero attached hydrogens (tertiary/aromatic N) is 1. The van der Waals surface area contributed by atoms with Gasteiger partial charge >= 0.3 is 0 Å². The highest BCUT2D eigenvalue weighted by atomic mass is 16.1. The normalized spacial score (nSPS) is 11.0. The Bertz CT molecular complexity index is 820. The fourth-order valence-corrected chi connectivity index (χ4v) is 2.42. The van der Waals surface area contributed by atoms with E-state index in [9.17, 15) is 4.79 Å². The van der Waals surface area contributed by atoms with E-state index < -0.39 is 0 Å². The van der Waals surface area contributed by atoms with Gasteiger partial charge in [-0.05, 0) is 24.1 Å².